The van der Waals surface area contributed by atoms with Crippen molar-refractivity contribution in [1.82, 2.24) is 9.88 Å². The lowest BCUT2D eigenvalue weighted by atomic mass is 9.71. The summed E-state index contributed by atoms with van der Waals surface area (Å²) < 4.78 is 5.04. The topological polar surface area (TPSA) is 45.3 Å². The van der Waals surface area contributed by atoms with Crippen molar-refractivity contribution in [3.8, 4) is 0 Å². The van der Waals surface area contributed by atoms with E-state index in [-0.39, 0.29) is 17.3 Å². The van der Waals surface area contributed by atoms with Crippen molar-refractivity contribution in [3.63, 3.8) is 0 Å². The van der Waals surface area contributed by atoms with Gasteiger partial charge in [0.1, 0.15) is 0 Å². The Morgan fingerprint density at radius 3 is 2.76 bits per heavy atom. The van der Waals surface area contributed by atoms with Gasteiger partial charge >= 0.3 is 5.97 Å². The number of ether oxygens (including phenoxy) is 1. The number of aromatic amines is 1. The van der Waals surface area contributed by atoms with Crippen LogP contribution in [0.15, 0.2) is 18.3 Å². The second kappa shape index (κ2) is 5.60. The molecule has 1 unspecified atom stereocenters. The summed E-state index contributed by atoms with van der Waals surface area (Å²) in [4.78, 5) is 18.1. The number of hydrogen-bond donors (Lipinski definition) is 1. The first-order chi connectivity index (χ1) is 11.8. The first-order valence-corrected chi connectivity index (χ1v) is 9.22. The summed E-state index contributed by atoms with van der Waals surface area (Å²) in [5.74, 6) is 0.282. The van der Waals surface area contributed by atoms with Gasteiger partial charge in [-0.05, 0) is 42.0 Å². The Kier molecular flexibility index (Phi) is 3.73. The lowest BCUT2D eigenvalue weighted by Gasteiger charge is -2.45. The Morgan fingerprint density at radius 2 is 2.08 bits per heavy atom. The minimum atomic E-state index is -0.0762. The van der Waals surface area contributed by atoms with Gasteiger partial charge in [0.05, 0.1) is 13.0 Å². The van der Waals surface area contributed by atoms with Crippen molar-refractivity contribution >= 4 is 16.9 Å². The summed E-state index contributed by atoms with van der Waals surface area (Å²) in [5, 5.41) is 1.40. The second-order valence-corrected chi connectivity index (χ2v) is 8.79. The number of hydrogen-bond acceptors (Lipinski definition) is 3. The van der Waals surface area contributed by atoms with E-state index >= 15 is 0 Å². The van der Waals surface area contributed by atoms with Crippen LogP contribution < -0.4 is 0 Å². The maximum atomic E-state index is 12.2. The standard InChI is InChI=1S/C21H28N2O2/c1-21(2,3)16-7-6-14-15-8-13(20(24)25-5)11-23(4)17(15)9-12-10-22-19(16)18(12)14/h6-7,10,13,15,17,22H,8-9,11H2,1-5H3/t13-,15?,17-/m1/s1. The Labute approximate surface area is 149 Å². The summed E-state index contributed by atoms with van der Waals surface area (Å²) in [6.07, 6.45) is 4.13. The molecule has 0 spiro atoms. The number of benzene rings is 1. The van der Waals surface area contributed by atoms with Crippen LogP contribution in [0.5, 0.6) is 0 Å². The molecule has 1 aromatic carbocycles. The largest absolute Gasteiger partial charge is 0.469 e. The molecule has 3 atom stereocenters. The Bertz CT molecular complexity index is 830. The van der Waals surface area contributed by atoms with Crippen LogP contribution in [0.4, 0.5) is 0 Å². The third-order valence-electron chi connectivity index (χ3n) is 6.20. The summed E-state index contributed by atoms with van der Waals surface area (Å²) in [6, 6.07) is 5.06. The van der Waals surface area contributed by atoms with Crippen LogP contribution in [0, 0.1) is 5.92 Å². The van der Waals surface area contributed by atoms with E-state index < -0.39 is 0 Å². The van der Waals surface area contributed by atoms with Crippen LogP contribution in [0.2, 0.25) is 0 Å². The third-order valence-corrected chi connectivity index (χ3v) is 6.20. The van der Waals surface area contributed by atoms with Gasteiger partial charge in [0.15, 0.2) is 0 Å². The number of fused-ring (bicyclic) bond motifs is 2. The molecular formula is C21H28N2O2. The summed E-state index contributed by atoms with van der Waals surface area (Å²) in [7, 11) is 3.64. The van der Waals surface area contributed by atoms with E-state index in [1.54, 1.807) is 0 Å². The average Bonchev–Trinajstić information content (AvgIpc) is 2.98. The highest BCUT2D eigenvalue weighted by atomic mass is 16.5. The molecular weight excluding hydrogens is 312 g/mol. The Hall–Kier alpha value is -1.81. The number of likely N-dealkylation sites (N-methyl/N-ethyl adjacent to an activating group) is 1. The van der Waals surface area contributed by atoms with E-state index in [4.69, 9.17) is 4.74 Å². The molecule has 2 aliphatic rings. The van der Waals surface area contributed by atoms with Gasteiger partial charge < -0.3 is 14.6 Å². The summed E-state index contributed by atoms with van der Waals surface area (Å²) in [5.41, 5.74) is 5.57. The lowest BCUT2D eigenvalue weighted by molar-refractivity contribution is -0.148. The normalized spacial score (nSPS) is 26.5. The fourth-order valence-electron chi connectivity index (χ4n) is 4.96. The molecule has 4 rings (SSSR count). The number of rotatable bonds is 1. The molecule has 0 amide bonds. The van der Waals surface area contributed by atoms with Gasteiger partial charge in [0.25, 0.3) is 0 Å². The van der Waals surface area contributed by atoms with Gasteiger partial charge in [-0.2, -0.15) is 0 Å². The van der Waals surface area contributed by atoms with Crippen molar-refractivity contribution in [2.45, 2.75) is 51.0 Å². The Balaban J connectivity index is 1.83. The number of likely N-dealkylation sites (tertiary alicyclic amines) is 1. The van der Waals surface area contributed by atoms with Crippen LogP contribution in [0.1, 0.15) is 49.8 Å². The fourth-order valence-corrected chi connectivity index (χ4v) is 4.96. The molecule has 4 heteroatoms. The van der Waals surface area contributed by atoms with Crippen LogP contribution in [-0.2, 0) is 21.4 Å². The van der Waals surface area contributed by atoms with Crippen LogP contribution in [-0.4, -0.2) is 42.6 Å². The smallest absolute Gasteiger partial charge is 0.309 e. The minimum Gasteiger partial charge on any atom is -0.469 e. The molecule has 0 saturated carbocycles. The van der Waals surface area contributed by atoms with Crippen LogP contribution in [0.25, 0.3) is 10.9 Å². The van der Waals surface area contributed by atoms with Crippen molar-refractivity contribution in [1.29, 1.82) is 0 Å². The van der Waals surface area contributed by atoms with Crippen molar-refractivity contribution in [2.24, 2.45) is 5.92 Å². The van der Waals surface area contributed by atoms with Gasteiger partial charge in [-0.3, -0.25) is 4.79 Å². The number of carbonyl (C=O) groups is 1. The molecule has 1 aliphatic carbocycles. The number of esters is 1. The van der Waals surface area contributed by atoms with Gasteiger partial charge in [0.2, 0.25) is 0 Å². The number of methoxy groups -OCH3 is 1. The zero-order valence-corrected chi connectivity index (χ0v) is 15.8. The molecule has 0 radical (unpaired) electrons. The highest BCUT2D eigenvalue weighted by Gasteiger charge is 2.42. The molecule has 1 N–H and O–H groups in total. The van der Waals surface area contributed by atoms with E-state index in [1.807, 2.05) is 0 Å². The maximum Gasteiger partial charge on any atom is 0.309 e. The molecule has 1 aliphatic heterocycles. The maximum absolute atomic E-state index is 12.2. The first kappa shape index (κ1) is 16.6. The summed E-state index contributed by atoms with van der Waals surface area (Å²) in [6.45, 7) is 7.57. The van der Waals surface area contributed by atoms with E-state index in [0.29, 0.717) is 12.0 Å². The predicted molar refractivity (Wildman–Crippen MR) is 100.0 cm³/mol. The second-order valence-electron chi connectivity index (χ2n) is 8.79. The van der Waals surface area contributed by atoms with E-state index in [0.717, 1.165) is 19.4 Å². The third kappa shape index (κ3) is 2.50. The number of H-pyrrole nitrogens is 1. The van der Waals surface area contributed by atoms with Gasteiger partial charge in [-0.1, -0.05) is 32.9 Å². The number of nitrogens with zero attached hydrogens (tertiary/aromatic N) is 1. The zero-order chi connectivity index (χ0) is 17.9. The number of piperidine rings is 1. The molecule has 134 valence electrons. The first-order valence-electron chi connectivity index (χ1n) is 9.22. The van der Waals surface area contributed by atoms with E-state index in [1.165, 1.54) is 34.7 Å². The molecule has 4 nitrogen and oxygen atoms in total. The molecule has 0 bridgehead atoms. The Morgan fingerprint density at radius 1 is 1.32 bits per heavy atom. The average molecular weight is 340 g/mol. The fraction of sp³-hybridized carbons (Fsp3) is 0.571. The van der Waals surface area contributed by atoms with Crippen molar-refractivity contribution in [3.05, 3.63) is 35.0 Å². The van der Waals surface area contributed by atoms with E-state index in [9.17, 15) is 4.79 Å². The molecule has 2 heterocycles. The lowest BCUT2D eigenvalue weighted by Crippen LogP contribution is -2.49. The highest BCUT2D eigenvalue weighted by Crippen LogP contribution is 2.46. The quantitative estimate of drug-likeness (QED) is 0.807. The minimum absolute atomic E-state index is 0.0333. The van der Waals surface area contributed by atoms with Crippen LogP contribution >= 0.6 is 0 Å². The van der Waals surface area contributed by atoms with Gasteiger partial charge in [0, 0.05) is 35.6 Å². The molecule has 1 saturated heterocycles. The molecule has 1 fully saturated rings. The van der Waals surface area contributed by atoms with E-state index in [2.05, 4.69) is 56.0 Å². The van der Waals surface area contributed by atoms with Gasteiger partial charge in [-0.25, -0.2) is 0 Å². The highest BCUT2D eigenvalue weighted by molar-refractivity contribution is 5.91. The number of carbonyl (C=O) groups excluding carboxylic acids is 1. The van der Waals surface area contributed by atoms with Crippen molar-refractivity contribution < 1.29 is 9.53 Å². The number of nitrogens with one attached hydrogen (secondary N) is 1. The van der Waals surface area contributed by atoms with Gasteiger partial charge in [-0.15, -0.1) is 0 Å². The van der Waals surface area contributed by atoms with Crippen LogP contribution in [0.3, 0.4) is 0 Å². The molecule has 25 heavy (non-hydrogen) atoms. The molecule has 1 aromatic heterocycles. The monoisotopic (exact) mass is 340 g/mol. The SMILES string of the molecule is COC(=O)[C@@H]1CC2c3ccc(C(C)(C)C)c4[nH]cc(c34)C[C@H]2N(C)C1. The zero-order valence-electron chi connectivity index (χ0n) is 15.8. The van der Waals surface area contributed by atoms with Crippen molar-refractivity contribution in [2.75, 3.05) is 20.7 Å². The summed E-state index contributed by atoms with van der Waals surface area (Å²) >= 11 is 0. The predicted octanol–water partition coefficient (Wildman–Crippen LogP) is 3.60. The molecule has 2 aromatic rings. The number of aromatic nitrogens is 1.